The molecule has 1 aromatic carbocycles. The van der Waals surface area contributed by atoms with E-state index in [1.807, 2.05) is 20.0 Å². The Bertz CT molecular complexity index is 1320. The molecule has 0 radical (unpaired) electrons. The molecule has 0 aliphatic heterocycles. The summed E-state index contributed by atoms with van der Waals surface area (Å²) in [6, 6.07) is 5.34. The monoisotopic (exact) mass is 462 g/mol. The van der Waals surface area contributed by atoms with E-state index in [0.717, 1.165) is 0 Å². The van der Waals surface area contributed by atoms with E-state index in [1.54, 1.807) is 61.2 Å². The number of benzene rings is 1. The van der Waals surface area contributed by atoms with Crippen molar-refractivity contribution in [2.24, 2.45) is 7.05 Å². The summed E-state index contributed by atoms with van der Waals surface area (Å²) >= 11 is 0. The molecule has 0 saturated heterocycles. The van der Waals surface area contributed by atoms with E-state index in [2.05, 4.69) is 35.8 Å². The lowest BCUT2D eigenvalue weighted by molar-refractivity contribution is 0.0828. The Morgan fingerprint density at radius 1 is 1.15 bits per heavy atom. The number of phenols is 1. The molecular formula is C22H26N10O2. The summed E-state index contributed by atoms with van der Waals surface area (Å²) in [4.78, 5) is 27.2. The van der Waals surface area contributed by atoms with Crippen molar-refractivity contribution in [2.75, 3.05) is 24.7 Å². The number of aryl methyl sites for hydroxylation is 1. The number of carbonyl (C=O) groups is 1. The van der Waals surface area contributed by atoms with Gasteiger partial charge in [0.05, 0.1) is 23.1 Å². The summed E-state index contributed by atoms with van der Waals surface area (Å²) in [5.74, 6) is 0.518. The van der Waals surface area contributed by atoms with Crippen LogP contribution in [0.4, 0.5) is 23.1 Å². The lowest BCUT2D eigenvalue weighted by Crippen LogP contribution is -2.23. The first-order valence-electron chi connectivity index (χ1n) is 10.6. The van der Waals surface area contributed by atoms with Gasteiger partial charge in [0.2, 0.25) is 5.95 Å². The van der Waals surface area contributed by atoms with Gasteiger partial charge in [-0.25, -0.2) is 9.97 Å². The van der Waals surface area contributed by atoms with E-state index in [-0.39, 0.29) is 35.0 Å². The lowest BCUT2D eigenvalue weighted by Gasteiger charge is -2.16. The summed E-state index contributed by atoms with van der Waals surface area (Å²) in [6.07, 6.45) is 6.50. The highest BCUT2D eigenvalue weighted by Crippen LogP contribution is 2.35. The van der Waals surface area contributed by atoms with Crippen molar-refractivity contribution in [3.63, 3.8) is 0 Å². The number of para-hydroxylation sites is 1. The Balaban J connectivity index is 1.70. The fourth-order valence-electron chi connectivity index (χ4n) is 3.16. The summed E-state index contributed by atoms with van der Waals surface area (Å²) in [5.41, 5.74) is 1.74. The van der Waals surface area contributed by atoms with Gasteiger partial charge in [-0.15, -0.1) is 0 Å². The molecular weight excluding hydrogens is 436 g/mol. The highest BCUT2D eigenvalue weighted by Gasteiger charge is 2.20. The number of phenolic OH excluding ortho intramolecular Hbond substituents is 1. The second-order valence-electron chi connectivity index (χ2n) is 8.15. The van der Waals surface area contributed by atoms with E-state index < -0.39 is 0 Å². The minimum atomic E-state index is -0.288. The summed E-state index contributed by atoms with van der Waals surface area (Å²) in [7, 11) is 5.03. The molecule has 4 aromatic rings. The molecule has 12 heteroatoms. The van der Waals surface area contributed by atoms with Crippen LogP contribution in [0, 0.1) is 0 Å². The molecule has 0 unspecified atom stereocenters. The van der Waals surface area contributed by atoms with Gasteiger partial charge in [-0.2, -0.15) is 15.2 Å². The number of amides is 1. The van der Waals surface area contributed by atoms with E-state index in [1.165, 1.54) is 11.1 Å². The van der Waals surface area contributed by atoms with Crippen molar-refractivity contribution < 1.29 is 9.90 Å². The molecule has 3 heterocycles. The Morgan fingerprint density at radius 3 is 2.59 bits per heavy atom. The Morgan fingerprint density at radius 2 is 1.94 bits per heavy atom. The SMILES string of the molecule is CC(C)n1cc(Nc2ncc(C(=O)N(C)C)c(Nc3cccc(-c4ncn(C)n4)c3O)n2)cn1. The average molecular weight is 463 g/mol. The number of carbonyl (C=O) groups excluding carboxylic acids is 1. The van der Waals surface area contributed by atoms with Gasteiger partial charge in [0.25, 0.3) is 5.91 Å². The number of nitrogens with zero attached hydrogens (tertiary/aromatic N) is 8. The van der Waals surface area contributed by atoms with Crippen molar-refractivity contribution in [3.8, 4) is 17.1 Å². The van der Waals surface area contributed by atoms with Gasteiger partial charge in [-0.1, -0.05) is 6.07 Å². The molecule has 0 spiro atoms. The van der Waals surface area contributed by atoms with E-state index in [9.17, 15) is 9.90 Å². The molecule has 1 amide bonds. The molecule has 176 valence electrons. The number of aromatic hydroxyl groups is 1. The maximum atomic E-state index is 12.8. The molecule has 0 aliphatic carbocycles. The fourth-order valence-corrected chi connectivity index (χ4v) is 3.16. The third-order valence-electron chi connectivity index (χ3n) is 4.94. The van der Waals surface area contributed by atoms with Crippen LogP contribution in [0.1, 0.15) is 30.2 Å². The Kier molecular flexibility index (Phi) is 6.13. The van der Waals surface area contributed by atoms with E-state index >= 15 is 0 Å². The van der Waals surface area contributed by atoms with Gasteiger partial charge >= 0.3 is 0 Å². The van der Waals surface area contributed by atoms with Gasteiger partial charge < -0.3 is 20.6 Å². The van der Waals surface area contributed by atoms with Gasteiger partial charge in [0.1, 0.15) is 23.5 Å². The zero-order valence-electron chi connectivity index (χ0n) is 19.6. The molecule has 0 saturated carbocycles. The van der Waals surface area contributed by atoms with Crippen LogP contribution < -0.4 is 10.6 Å². The highest BCUT2D eigenvalue weighted by atomic mass is 16.3. The highest BCUT2D eigenvalue weighted by molar-refractivity contribution is 5.99. The molecule has 0 atom stereocenters. The third kappa shape index (κ3) is 4.65. The van der Waals surface area contributed by atoms with E-state index in [0.29, 0.717) is 22.8 Å². The van der Waals surface area contributed by atoms with Gasteiger partial charge in [-0.3, -0.25) is 14.2 Å². The van der Waals surface area contributed by atoms with Crippen molar-refractivity contribution in [1.29, 1.82) is 0 Å². The first-order valence-corrected chi connectivity index (χ1v) is 10.6. The summed E-state index contributed by atoms with van der Waals surface area (Å²) in [5, 5.41) is 25.6. The molecule has 12 nitrogen and oxygen atoms in total. The molecule has 3 N–H and O–H groups in total. The minimum Gasteiger partial charge on any atom is -0.505 e. The van der Waals surface area contributed by atoms with Crippen LogP contribution in [-0.4, -0.2) is 64.5 Å². The fraction of sp³-hybridized carbons (Fsp3) is 0.273. The van der Waals surface area contributed by atoms with Crippen LogP contribution >= 0.6 is 0 Å². The van der Waals surface area contributed by atoms with Gasteiger partial charge in [0, 0.05) is 39.6 Å². The first kappa shape index (κ1) is 22.7. The van der Waals surface area contributed by atoms with Crippen LogP contribution in [0.2, 0.25) is 0 Å². The van der Waals surface area contributed by atoms with Crippen LogP contribution in [0.5, 0.6) is 5.75 Å². The topological polar surface area (TPSA) is 139 Å². The third-order valence-corrected chi connectivity index (χ3v) is 4.94. The summed E-state index contributed by atoms with van der Waals surface area (Å²) < 4.78 is 3.35. The summed E-state index contributed by atoms with van der Waals surface area (Å²) in [6.45, 7) is 4.05. The Hall–Kier alpha value is -4.48. The Labute approximate surface area is 196 Å². The maximum absolute atomic E-state index is 12.8. The number of hydrogen-bond acceptors (Lipinski definition) is 9. The minimum absolute atomic E-state index is 0.0664. The zero-order valence-corrected chi connectivity index (χ0v) is 19.6. The predicted octanol–water partition coefficient (Wildman–Crippen LogP) is 2.94. The zero-order chi connectivity index (χ0) is 24.4. The molecule has 3 aromatic heterocycles. The van der Waals surface area contributed by atoms with Gasteiger partial charge in [0.15, 0.2) is 5.82 Å². The second-order valence-corrected chi connectivity index (χ2v) is 8.15. The predicted molar refractivity (Wildman–Crippen MR) is 127 cm³/mol. The van der Waals surface area contributed by atoms with Crippen molar-refractivity contribution >= 4 is 29.0 Å². The smallest absolute Gasteiger partial charge is 0.258 e. The molecule has 4 rings (SSSR count). The van der Waals surface area contributed by atoms with Crippen LogP contribution in [0.25, 0.3) is 11.4 Å². The number of nitrogens with one attached hydrogen (secondary N) is 2. The average Bonchev–Trinajstić information content (AvgIpc) is 3.44. The molecule has 0 aliphatic rings. The number of aromatic nitrogens is 7. The number of hydrogen-bond donors (Lipinski definition) is 3. The molecule has 0 fully saturated rings. The molecule has 0 bridgehead atoms. The second kappa shape index (κ2) is 9.17. The van der Waals surface area contributed by atoms with Crippen LogP contribution in [0.15, 0.2) is 43.1 Å². The van der Waals surface area contributed by atoms with Crippen molar-refractivity contribution in [1.82, 2.24) is 39.4 Å². The van der Waals surface area contributed by atoms with Crippen molar-refractivity contribution in [3.05, 3.63) is 48.7 Å². The standard InChI is InChI=1S/C22H26N10O2/c1-13(2)32-11-14(9-25-32)26-22-23-10-16(21(34)30(3)4)20(28-22)27-17-8-6-7-15(18(17)33)19-24-12-31(5)29-19/h6-13,33H,1-5H3,(H2,23,26,27,28). The van der Waals surface area contributed by atoms with Crippen LogP contribution in [-0.2, 0) is 7.05 Å². The van der Waals surface area contributed by atoms with Gasteiger partial charge in [-0.05, 0) is 26.0 Å². The molecule has 34 heavy (non-hydrogen) atoms. The maximum Gasteiger partial charge on any atom is 0.258 e. The quantitative estimate of drug-likeness (QED) is 0.354. The van der Waals surface area contributed by atoms with Crippen LogP contribution in [0.3, 0.4) is 0 Å². The largest absolute Gasteiger partial charge is 0.505 e. The number of anilines is 4. The lowest BCUT2D eigenvalue weighted by atomic mass is 10.1. The number of rotatable bonds is 7. The first-order chi connectivity index (χ1) is 16.2. The van der Waals surface area contributed by atoms with E-state index in [4.69, 9.17) is 0 Å². The van der Waals surface area contributed by atoms with Crippen molar-refractivity contribution in [2.45, 2.75) is 19.9 Å². The normalized spacial score (nSPS) is 11.0.